The highest BCUT2D eigenvalue weighted by Gasteiger charge is 2.37. The number of hydrogen-bond acceptors (Lipinski definition) is 5. The minimum absolute atomic E-state index is 0.635. The highest BCUT2D eigenvalue weighted by Crippen LogP contribution is 2.47. The van der Waals surface area contributed by atoms with Crippen LogP contribution in [-0.2, 0) is 13.1 Å². The quantitative estimate of drug-likeness (QED) is 0.803. The van der Waals surface area contributed by atoms with E-state index in [0.717, 1.165) is 36.2 Å². The molecule has 0 aliphatic heterocycles. The van der Waals surface area contributed by atoms with E-state index in [1.165, 1.54) is 30.8 Å². The van der Waals surface area contributed by atoms with E-state index in [0.29, 0.717) is 16.3 Å². The molecule has 0 aromatic carbocycles. The number of halogens is 1. The molecule has 21 heavy (non-hydrogen) atoms. The number of furan rings is 1. The van der Waals surface area contributed by atoms with Gasteiger partial charge in [-0.2, -0.15) is 0 Å². The molecule has 0 saturated heterocycles. The van der Waals surface area contributed by atoms with Crippen LogP contribution in [-0.4, -0.2) is 20.5 Å². The first-order valence-electron chi connectivity index (χ1n) is 7.50. The molecule has 0 bridgehead atoms. The highest BCUT2D eigenvalue weighted by molar-refractivity contribution is 7.10. The average molecular weight is 324 g/mol. The van der Waals surface area contributed by atoms with Gasteiger partial charge < -0.3 is 4.42 Å². The van der Waals surface area contributed by atoms with Crippen molar-refractivity contribution in [3.05, 3.63) is 33.7 Å². The molecule has 2 aliphatic rings. The van der Waals surface area contributed by atoms with Gasteiger partial charge in [0, 0.05) is 30.0 Å². The van der Waals surface area contributed by atoms with Gasteiger partial charge in [-0.1, -0.05) is 23.0 Å². The summed E-state index contributed by atoms with van der Waals surface area (Å²) >= 11 is 7.38. The van der Waals surface area contributed by atoms with Crippen LogP contribution in [0.2, 0.25) is 4.34 Å². The molecule has 6 heteroatoms. The van der Waals surface area contributed by atoms with Crippen molar-refractivity contribution in [3.63, 3.8) is 0 Å². The van der Waals surface area contributed by atoms with Gasteiger partial charge in [-0.15, -0.1) is 5.10 Å². The zero-order valence-corrected chi connectivity index (χ0v) is 13.5. The summed E-state index contributed by atoms with van der Waals surface area (Å²) in [4.78, 5) is 2.40. The second-order valence-corrected chi connectivity index (χ2v) is 7.61. The molecular weight excluding hydrogens is 306 g/mol. The zero-order chi connectivity index (χ0) is 14.4. The van der Waals surface area contributed by atoms with Crippen LogP contribution < -0.4 is 0 Å². The van der Waals surface area contributed by atoms with Crippen LogP contribution in [0, 0.1) is 5.92 Å². The first-order valence-corrected chi connectivity index (χ1v) is 8.65. The van der Waals surface area contributed by atoms with Crippen molar-refractivity contribution in [2.75, 3.05) is 0 Å². The Hall–Kier alpha value is -0.910. The maximum atomic E-state index is 6.13. The van der Waals surface area contributed by atoms with E-state index in [1.807, 2.05) is 0 Å². The molecule has 4 rings (SSSR count). The second-order valence-electron chi connectivity index (χ2n) is 6.25. The molecule has 0 amide bonds. The number of rotatable bonds is 6. The molecule has 2 fully saturated rings. The van der Waals surface area contributed by atoms with Gasteiger partial charge in [-0.25, -0.2) is 0 Å². The minimum atomic E-state index is 0.635. The van der Waals surface area contributed by atoms with Crippen molar-refractivity contribution >= 4 is 23.1 Å². The molecule has 2 atom stereocenters. The maximum absolute atomic E-state index is 6.13. The first kappa shape index (κ1) is 13.7. The van der Waals surface area contributed by atoms with Crippen LogP contribution in [0.15, 0.2) is 16.5 Å². The number of aromatic nitrogens is 2. The van der Waals surface area contributed by atoms with E-state index >= 15 is 0 Å². The largest absolute Gasteiger partial charge is 0.464 e. The average Bonchev–Trinajstić information content (AvgIpc) is 3.35. The lowest BCUT2D eigenvalue weighted by atomic mass is 10.3. The Morgan fingerprint density at radius 3 is 2.81 bits per heavy atom. The third-order valence-electron chi connectivity index (χ3n) is 4.44. The smallest absolute Gasteiger partial charge is 0.138 e. The molecule has 2 aliphatic carbocycles. The van der Waals surface area contributed by atoms with E-state index in [-0.39, 0.29) is 0 Å². The number of nitrogens with zero attached hydrogens (tertiary/aromatic N) is 3. The van der Waals surface area contributed by atoms with Gasteiger partial charge >= 0.3 is 0 Å². The lowest BCUT2D eigenvalue weighted by molar-refractivity contribution is 0.220. The van der Waals surface area contributed by atoms with Crippen LogP contribution in [0.5, 0.6) is 0 Å². The van der Waals surface area contributed by atoms with Gasteiger partial charge in [-0.05, 0) is 37.3 Å². The molecule has 2 heterocycles. The third-order valence-corrected chi connectivity index (χ3v) is 5.43. The van der Waals surface area contributed by atoms with Crippen molar-refractivity contribution in [1.82, 2.24) is 14.5 Å². The van der Waals surface area contributed by atoms with Crippen LogP contribution in [0.4, 0.5) is 0 Å². The Balaban J connectivity index is 1.45. The van der Waals surface area contributed by atoms with Crippen LogP contribution in [0.3, 0.4) is 0 Å². The predicted molar refractivity (Wildman–Crippen MR) is 82.4 cm³/mol. The zero-order valence-electron chi connectivity index (χ0n) is 12.0. The molecular formula is C15H18ClN3OS. The molecule has 0 radical (unpaired) electrons. The molecule has 0 N–H and O–H groups in total. The fourth-order valence-electron chi connectivity index (χ4n) is 2.83. The minimum Gasteiger partial charge on any atom is -0.464 e. The predicted octanol–water partition coefficient (Wildman–Crippen LogP) is 4.07. The van der Waals surface area contributed by atoms with Crippen LogP contribution >= 0.6 is 23.1 Å². The molecule has 2 saturated carbocycles. The van der Waals surface area contributed by atoms with Crippen molar-refractivity contribution < 1.29 is 4.42 Å². The lowest BCUT2D eigenvalue weighted by Gasteiger charge is -2.19. The van der Waals surface area contributed by atoms with Crippen LogP contribution in [0.1, 0.15) is 49.3 Å². The molecule has 0 unspecified atom stereocenters. The fourth-order valence-corrected chi connectivity index (χ4v) is 3.45. The summed E-state index contributed by atoms with van der Waals surface area (Å²) in [5.74, 6) is 3.63. The fraction of sp³-hybridized carbons (Fsp3) is 0.600. The third kappa shape index (κ3) is 3.00. The molecule has 112 valence electrons. The molecule has 2 aromatic heterocycles. The summed E-state index contributed by atoms with van der Waals surface area (Å²) in [5, 5.41) is 4.13. The Bertz CT molecular complexity index is 636. The van der Waals surface area contributed by atoms with Crippen molar-refractivity contribution in [2.24, 2.45) is 5.92 Å². The van der Waals surface area contributed by atoms with Crippen molar-refractivity contribution in [2.45, 2.75) is 51.2 Å². The monoisotopic (exact) mass is 323 g/mol. The van der Waals surface area contributed by atoms with Crippen LogP contribution in [0.25, 0.3) is 0 Å². The van der Waals surface area contributed by atoms with Gasteiger partial charge in [0.05, 0.1) is 6.54 Å². The second kappa shape index (κ2) is 5.38. The Morgan fingerprint density at radius 2 is 2.19 bits per heavy atom. The van der Waals surface area contributed by atoms with Gasteiger partial charge in [0.1, 0.15) is 21.6 Å². The van der Waals surface area contributed by atoms with E-state index in [9.17, 15) is 0 Å². The van der Waals surface area contributed by atoms with Gasteiger partial charge in [-0.3, -0.25) is 4.90 Å². The lowest BCUT2D eigenvalue weighted by Crippen LogP contribution is -2.25. The Labute approximate surface area is 133 Å². The standard InChI is InChI=1S/C15H18ClN3OS/c1-9-6-12(9)14-5-4-11(20-14)7-19(10-2-3-10)8-13-15(16)21-18-17-13/h4-5,9-10,12H,2-3,6-8H2,1H3/t9-,12-/m0/s1. The van der Waals surface area contributed by atoms with Crippen molar-refractivity contribution in [3.8, 4) is 0 Å². The van der Waals surface area contributed by atoms with E-state index in [4.69, 9.17) is 16.0 Å². The number of hydrogen-bond donors (Lipinski definition) is 0. The maximum Gasteiger partial charge on any atom is 0.138 e. The van der Waals surface area contributed by atoms with Gasteiger partial charge in [0.2, 0.25) is 0 Å². The van der Waals surface area contributed by atoms with E-state index in [2.05, 4.69) is 33.5 Å². The summed E-state index contributed by atoms with van der Waals surface area (Å²) in [6.45, 7) is 3.87. The summed E-state index contributed by atoms with van der Waals surface area (Å²) in [5.41, 5.74) is 0.885. The highest BCUT2D eigenvalue weighted by atomic mass is 35.5. The SMILES string of the molecule is C[C@H]1C[C@@H]1c1ccc(CN(Cc2nnsc2Cl)C2CC2)o1. The van der Waals surface area contributed by atoms with E-state index in [1.54, 1.807) is 0 Å². The topological polar surface area (TPSA) is 42.2 Å². The summed E-state index contributed by atoms with van der Waals surface area (Å²) in [7, 11) is 0. The summed E-state index contributed by atoms with van der Waals surface area (Å²) < 4.78 is 10.6. The molecule has 2 aromatic rings. The molecule has 4 nitrogen and oxygen atoms in total. The van der Waals surface area contributed by atoms with Gasteiger partial charge in [0.25, 0.3) is 0 Å². The Morgan fingerprint density at radius 1 is 1.38 bits per heavy atom. The first-order chi connectivity index (χ1) is 10.2. The molecule has 0 spiro atoms. The summed E-state index contributed by atoms with van der Waals surface area (Å²) in [6, 6.07) is 4.90. The normalized spacial score (nSPS) is 24.7. The van der Waals surface area contributed by atoms with Gasteiger partial charge in [0.15, 0.2) is 0 Å². The van der Waals surface area contributed by atoms with Crippen molar-refractivity contribution in [1.29, 1.82) is 0 Å². The van der Waals surface area contributed by atoms with E-state index < -0.39 is 0 Å². The summed E-state index contributed by atoms with van der Waals surface area (Å²) in [6.07, 6.45) is 3.77. The Kier molecular flexibility index (Phi) is 3.52.